The van der Waals surface area contributed by atoms with Crippen LogP contribution in [0.15, 0.2) is 22.7 Å². The predicted octanol–water partition coefficient (Wildman–Crippen LogP) is 3.82. The van der Waals surface area contributed by atoms with Crippen LogP contribution in [0.1, 0.15) is 5.56 Å². The molecule has 0 N–H and O–H groups in total. The van der Waals surface area contributed by atoms with Gasteiger partial charge >= 0.3 is 0 Å². The van der Waals surface area contributed by atoms with E-state index in [0.29, 0.717) is 5.56 Å². The summed E-state index contributed by atoms with van der Waals surface area (Å²) < 4.78 is 14.1. The van der Waals surface area contributed by atoms with Gasteiger partial charge in [-0.2, -0.15) is 0 Å². The summed E-state index contributed by atoms with van der Waals surface area (Å²) >= 11 is 3.21. The van der Waals surface area contributed by atoms with Crippen LogP contribution in [-0.2, 0) is 0 Å². The molecule has 0 saturated heterocycles. The highest BCUT2D eigenvalue weighted by Gasteiger charge is 2.08. The largest absolute Gasteiger partial charge is 0.206 e. The Bertz CT molecular complexity index is 396. The molecule has 0 aliphatic carbocycles. The number of halogens is 2. The van der Waals surface area contributed by atoms with Gasteiger partial charge in [-0.3, -0.25) is 0 Å². The van der Waals surface area contributed by atoms with Crippen molar-refractivity contribution in [2.45, 2.75) is 19.6 Å². The van der Waals surface area contributed by atoms with Gasteiger partial charge in [-0.15, -0.1) is 5.54 Å². The molecule has 74 valence electrons. The molecule has 0 amide bonds. The summed E-state index contributed by atoms with van der Waals surface area (Å²) in [6.45, 7) is 6.41. The van der Waals surface area contributed by atoms with Crippen molar-refractivity contribution in [3.8, 4) is 11.5 Å². The van der Waals surface area contributed by atoms with Crippen molar-refractivity contribution in [1.82, 2.24) is 0 Å². The Morgan fingerprint density at radius 2 is 1.93 bits per heavy atom. The first-order valence-electron chi connectivity index (χ1n) is 4.37. The molecule has 0 radical (unpaired) electrons. The maximum atomic E-state index is 13.3. The average molecular weight is 271 g/mol. The zero-order valence-electron chi connectivity index (χ0n) is 8.49. The molecule has 0 aliphatic rings. The fourth-order valence-corrected chi connectivity index (χ4v) is 1.69. The highest BCUT2D eigenvalue weighted by Crippen LogP contribution is 2.14. The van der Waals surface area contributed by atoms with Crippen molar-refractivity contribution >= 4 is 24.0 Å². The molecule has 0 fully saturated rings. The summed E-state index contributed by atoms with van der Waals surface area (Å²) in [6.07, 6.45) is 0. The number of rotatable bonds is 0. The Morgan fingerprint density at radius 3 is 2.43 bits per heavy atom. The Hall–Kier alpha value is -0.593. The van der Waals surface area contributed by atoms with Gasteiger partial charge < -0.3 is 0 Å². The zero-order chi connectivity index (χ0) is 10.8. The van der Waals surface area contributed by atoms with Gasteiger partial charge in [-0.1, -0.05) is 41.5 Å². The molecule has 0 aromatic heterocycles. The van der Waals surface area contributed by atoms with Gasteiger partial charge in [0.05, 0.1) is 5.56 Å². The van der Waals surface area contributed by atoms with E-state index in [9.17, 15) is 4.39 Å². The highest BCUT2D eigenvalue weighted by atomic mass is 79.9. The molecule has 1 aromatic carbocycles. The summed E-state index contributed by atoms with van der Waals surface area (Å²) in [5.41, 5.74) is 3.61. The van der Waals surface area contributed by atoms with Gasteiger partial charge in [-0.05, 0) is 18.2 Å². The molecule has 0 aliphatic heterocycles. The van der Waals surface area contributed by atoms with Crippen molar-refractivity contribution in [1.29, 1.82) is 0 Å². The molecular weight excluding hydrogens is 259 g/mol. The standard InChI is InChI=1S/C11H12BrFSi/c1-14(2,3)7-6-9-4-5-10(12)8-11(9)13/h4-5,8H,1-3H3. The van der Waals surface area contributed by atoms with Gasteiger partial charge in [0.25, 0.3) is 0 Å². The minimum Gasteiger partial charge on any atom is -0.206 e. The van der Waals surface area contributed by atoms with Crippen molar-refractivity contribution < 1.29 is 4.39 Å². The van der Waals surface area contributed by atoms with Gasteiger partial charge in [0.2, 0.25) is 0 Å². The van der Waals surface area contributed by atoms with Crippen LogP contribution in [-0.4, -0.2) is 8.07 Å². The summed E-state index contributed by atoms with van der Waals surface area (Å²) in [7, 11) is -1.42. The van der Waals surface area contributed by atoms with E-state index in [1.165, 1.54) is 6.07 Å². The highest BCUT2D eigenvalue weighted by molar-refractivity contribution is 9.10. The first kappa shape index (κ1) is 11.5. The first-order valence-corrected chi connectivity index (χ1v) is 8.66. The molecule has 0 nitrogen and oxygen atoms in total. The van der Waals surface area contributed by atoms with Crippen molar-refractivity contribution in [2.75, 3.05) is 0 Å². The molecule has 14 heavy (non-hydrogen) atoms. The minimum absolute atomic E-state index is 0.259. The quantitative estimate of drug-likeness (QED) is 0.497. The lowest BCUT2D eigenvalue weighted by Gasteiger charge is -2.03. The van der Waals surface area contributed by atoms with Crippen LogP contribution in [0.4, 0.5) is 4.39 Å². The molecule has 0 heterocycles. The molecular formula is C11H12BrFSi. The molecule has 0 atom stereocenters. The smallest absolute Gasteiger partial charge is 0.139 e. The van der Waals surface area contributed by atoms with E-state index in [4.69, 9.17) is 0 Å². The maximum Gasteiger partial charge on any atom is 0.139 e. The van der Waals surface area contributed by atoms with E-state index in [-0.39, 0.29) is 5.82 Å². The molecule has 0 bridgehead atoms. The third-order valence-electron chi connectivity index (χ3n) is 1.50. The predicted molar refractivity (Wildman–Crippen MR) is 64.3 cm³/mol. The molecule has 0 unspecified atom stereocenters. The molecule has 0 saturated carbocycles. The number of hydrogen-bond acceptors (Lipinski definition) is 0. The van der Waals surface area contributed by atoms with Gasteiger partial charge in [0, 0.05) is 4.47 Å². The van der Waals surface area contributed by atoms with Crippen molar-refractivity contribution in [3.05, 3.63) is 34.1 Å². The van der Waals surface area contributed by atoms with Crippen LogP contribution in [0.5, 0.6) is 0 Å². The van der Waals surface area contributed by atoms with Crippen LogP contribution in [0.2, 0.25) is 19.6 Å². The Labute approximate surface area is 93.7 Å². The zero-order valence-corrected chi connectivity index (χ0v) is 11.1. The normalized spacial score (nSPS) is 10.6. The van der Waals surface area contributed by atoms with E-state index >= 15 is 0 Å². The number of hydrogen-bond donors (Lipinski definition) is 0. The van der Waals surface area contributed by atoms with Gasteiger partial charge in [0.15, 0.2) is 0 Å². The Morgan fingerprint density at radius 1 is 1.29 bits per heavy atom. The molecule has 1 aromatic rings. The third-order valence-corrected chi connectivity index (χ3v) is 2.87. The van der Waals surface area contributed by atoms with E-state index in [1.807, 2.05) is 0 Å². The summed E-state index contributed by atoms with van der Waals surface area (Å²) in [4.78, 5) is 0. The summed E-state index contributed by atoms with van der Waals surface area (Å²) in [6, 6.07) is 4.94. The topological polar surface area (TPSA) is 0 Å². The van der Waals surface area contributed by atoms with Crippen LogP contribution >= 0.6 is 15.9 Å². The van der Waals surface area contributed by atoms with Crippen molar-refractivity contribution in [3.63, 3.8) is 0 Å². The summed E-state index contributed by atoms with van der Waals surface area (Å²) in [5.74, 6) is 2.64. The lowest BCUT2D eigenvalue weighted by atomic mass is 10.2. The van der Waals surface area contributed by atoms with E-state index in [0.717, 1.165) is 4.47 Å². The van der Waals surface area contributed by atoms with E-state index in [1.54, 1.807) is 12.1 Å². The van der Waals surface area contributed by atoms with Gasteiger partial charge in [0.1, 0.15) is 13.9 Å². The van der Waals surface area contributed by atoms with Crippen LogP contribution in [0.3, 0.4) is 0 Å². The second kappa shape index (κ2) is 4.29. The third kappa shape index (κ3) is 3.65. The maximum absolute atomic E-state index is 13.3. The van der Waals surface area contributed by atoms with E-state index in [2.05, 4.69) is 47.0 Å². The molecule has 3 heteroatoms. The molecule has 1 rings (SSSR count). The fraction of sp³-hybridized carbons (Fsp3) is 0.273. The van der Waals surface area contributed by atoms with Crippen LogP contribution in [0.25, 0.3) is 0 Å². The second-order valence-electron chi connectivity index (χ2n) is 4.12. The monoisotopic (exact) mass is 270 g/mol. The molecule has 0 spiro atoms. The minimum atomic E-state index is -1.42. The van der Waals surface area contributed by atoms with Gasteiger partial charge in [-0.25, -0.2) is 4.39 Å². The van der Waals surface area contributed by atoms with Crippen molar-refractivity contribution in [2.24, 2.45) is 0 Å². The lowest BCUT2D eigenvalue weighted by molar-refractivity contribution is 0.623. The number of benzene rings is 1. The summed E-state index contributed by atoms with van der Waals surface area (Å²) in [5, 5.41) is 0. The van der Waals surface area contributed by atoms with Crippen LogP contribution in [0, 0.1) is 17.3 Å². The fourth-order valence-electron chi connectivity index (χ4n) is 0.846. The Kier molecular flexibility index (Phi) is 3.52. The second-order valence-corrected chi connectivity index (χ2v) is 9.79. The van der Waals surface area contributed by atoms with E-state index < -0.39 is 8.07 Å². The lowest BCUT2D eigenvalue weighted by Crippen LogP contribution is -2.16. The SMILES string of the molecule is C[Si](C)(C)C#Cc1ccc(Br)cc1F. The average Bonchev–Trinajstić information content (AvgIpc) is 2.00. The van der Waals surface area contributed by atoms with Crippen LogP contribution < -0.4 is 0 Å². The Balaban J connectivity index is 3.02. The first-order chi connectivity index (χ1) is 6.38.